The van der Waals surface area contributed by atoms with Crippen molar-refractivity contribution in [3.63, 3.8) is 0 Å². The van der Waals surface area contributed by atoms with E-state index < -0.39 is 0 Å². The number of aliphatic hydroxyl groups is 1. The fourth-order valence-corrected chi connectivity index (χ4v) is 3.65. The van der Waals surface area contributed by atoms with Gasteiger partial charge in [-0.3, -0.25) is 0 Å². The quantitative estimate of drug-likeness (QED) is 0.428. The Morgan fingerprint density at radius 3 is 1.90 bits per heavy atom. The van der Waals surface area contributed by atoms with Crippen molar-refractivity contribution in [2.75, 3.05) is 7.11 Å². The number of aryl methyl sites for hydroxylation is 1. The molecule has 0 aromatic heterocycles. The summed E-state index contributed by atoms with van der Waals surface area (Å²) in [6.45, 7) is 2.07. The fourth-order valence-electron chi connectivity index (χ4n) is 3.65. The number of hydrogen-bond donors (Lipinski definition) is 1. The van der Waals surface area contributed by atoms with Crippen molar-refractivity contribution >= 4 is 0 Å². The van der Waals surface area contributed by atoms with Crippen LogP contribution in [0.5, 0.6) is 5.75 Å². The normalized spacial score (nSPS) is 10.7. The van der Waals surface area contributed by atoms with Crippen molar-refractivity contribution < 1.29 is 9.84 Å². The maximum absolute atomic E-state index is 9.97. The molecular weight excluding hydrogens is 356 g/mol. The zero-order valence-corrected chi connectivity index (χ0v) is 16.7. The lowest BCUT2D eigenvalue weighted by Crippen LogP contribution is -1.93. The highest BCUT2D eigenvalue weighted by molar-refractivity contribution is 5.78. The monoisotopic (exact) mass is 380 g/mol. The molecule has 0 unspecified atom stereocenters. The summed E-state index contributed by atoms with van der Waals surface area (Å²) >= 11 is 0. The van der Waals surface area contributed by atoms with Crippen molar-refractivity contribution in [3.05, 3.63) is 102 Å². The molecular formula is C27H24O2. The van der Waals surface area contributed by atoms with Crippen LogP contribution in [0.15, 0.2) is 91.0 Å². The SMILES string of the molecule is COc1cc(-c2ccc(-c3ccc(C)cc3)c(CO)c2)ccc1-c1ccccc1. The Labute approximate surface area is 172 Å². The maximum atomic E-state index is 9.97. The fraction of sp³-hybridized carbons (Fsp3) is 0.111. The molecule has 0 saturated carbocycles. The molecule has 4 aromatic rings. The van der Waals surface area contributed by atoms with Crippen LogP contribution in [0.2, 0.25) is 0 Å². The smallest absolute Gasteiger partial charge is 0.127 e. The molecule has 2 heteroatoms. The third-order valence-corrected chi connectivity index (χ3v) is 5.26. The Hall–Kier alpha value is -3.36. The summed E-state index contributed by atoms with van der Waals surface area (Å²) in [5.41, 5.74) is 8.62. The Morgan fingerprint density at radius 2 is 1.24 bits per heavy atom. The average Bonchev–Trinajstić information content (AvgIpc) is 2.79. The third-order valence-electron chi connectivity index (χ3n) is 5.26. The molecule has 0 radical (unpaired) electrons. The van der Waals surface area contributed by atoms with Gasteiger partial charge in [-0.05, 0) is 52.4 Å². The molecule has 2 nitrogen and oxygen atoms in total. The van der Waals surface area contributed by atoms with Crippen LogP contribution in [-0.4, -0.2) is 12.2 Å². The summed E-state index contributed by atoms with van der Waals surface area (Å²) in [7, 11) is 1.70. The van der Waals surface area contributed by atoms with Gasteiger partial charge in [-0.1, -0.05) is 84.4 Å². The first-order chi connectivity index (χ1) is 14.2. The molecule has 1 N–H and O–H groups in total. The van der Waals surface area contributed by atoms with E-state index in [9.17, 15) is 5.11 Å². The van der Waals surface area contributed by atoms with Gasteiger partial charge in [0.05, 0.1) is 13.7 Å². The highest BCUT2D eigenvalue weighted by atomic mass is 16.5. The molecule has 0 spiro atoms. The number of ether oxygens (including phenoxy) is 1. The number of methoxy groups -OCH3 is 1. The van der Waals surface area contributed by atoms with Crippen molar-refractivity contribution in [3.8, 4) is 39.1 Å². The Morgan fingerprint density at radius 1 is 0.655 bits per heavy atom. The molecule has 0 amide bonds. The first-order valence-corrected chi connectivity index (χ1v) is 9.74. The lowest BCUT2D eigenvalue weighted by Gasteiger charge is -2.14. The van der Waals surface area contributed by atoms with Crippen molar-refractivity contribution in [2.24, 2.45) is 0 Å². The van der Waals surface area contributed by atoms with Gasteiger partial charge in [0, 0.05) is 5.56 Å². The van der Waals surface area contributed by atoms with Crippen LogP contribution in [0.4, 0.5) is 0 Å². The second kappa shape index (κ2) is 8.34. The molecule has 0 heterocycles. The molecule has 0 atom stereocenters. The lowest BCUT2D eigenvalue weighted by molar-refractivity contribution is 0.282. The predicted molar refractivity (Wildman–Crippen MR) is 120 cm³/mol. The summed E-state index contributed by atoms with van der Waals surface area (Å²) in [6.07, 6.45) is 0. The molecule has 4 aromatic carbocycles. The van der Waals surface area contributed by atoms with Crippen molar-refractivity contribution in [1.29, 1.82) is 0 Å². The number of rotatable bonds is 5. The van der Waals surface area contributed by atoms with Gasteiger partial charge >= 0.3 is 0 Å². The lowest BCUT2D eigenvalue weighted by atomic mass is 9.93. The van der Waals surface area contributed by atoms with Gasteiger partial charge in [0.1, 0.15) is 5.75 Å². The molecule has 0 aliphatic rings. The van der Waals surface area contributed by atoms with Gasteiger partial charge in [0.15, 0.2) is 0 Å². The van der Waals surface area contributed by atoms with Gasteiger partial charge in [-0.25, -0.2) is 0 Å². The Kier molecular flexibility index (Phi) is 5.46. The molecule has 4 rings (SSSR count). The zero-order chi connectivity index (χ0) is 20.2. The van der Waals surface area contributed by atoms with Gasteiger partial charge in [0.25, 0.3) is 0 Å². The minimum atomic E-state index is -0.00369. The molecule has 0 aliphatic carbocycles. The van der Waals surface area contributed by atoms with Crippen LogP contribution in [0.25, 0.3) is 33.4 Å². The van der Waals surface area contributed by atoms with Crippen LogP contribution in [0.3, 0.4) is 0 Å². The average molecular weight is 380 g/mol. The van der Waals surface area contributed by atoms with Gasteiger partial charge in [-0.2, -0.15) is 0 Å². The topological polar surface area (TPSA) is 29.5 Å². The first kappa shape index (κ1) is 19.0. The number of aliphatic hydroxyl groups excluding tert-OH is 1. The van der Waals surface area contributed by atoms with E-state index in [-0.39, 0.29) is 6.61 Å². The molecule has 0 bridgehead atoms. The van der Waals surface area contributed by atoms with Crippen LogP contribution in [0, 0.1) is 6.92 Å². The van der Waals surface area contributed by atoms with Gasteiger partial charge < -0.3 is 9.84 Å². The second-order valence-corrected chi connectivity index (χ2v) is 7.18. The van der Waals surface area contributed by atoms with Crippen LogP contribution in [-0.2, 0) is 6.61 Å². The van der Waals surface area contributed by atoms with Crippen molar-refractivity contribution in [1.82, 2.24) is 0 Å². The van der Waals surface area contributed by atoms with E-state index in [0.29, 0.717) is 0 Å². The predicted octanol–water partition coefficient (Wildman–Crippen LogP) is 6.50. The molecule has 29 heavy (non-hydrogen) atoms. The van der Waals surface area contributed by atoms with Gasteiger partial charge in [-0.15, -0.1) is 0 Å². The van der Waals surface area contributed by atoms with Crippen LogP contribution >= 0.6 is 0 Å². The van der Waals surface area contributed by atoms with E-state index in [0.717, 1.165) is 44.7 Å². The molecule has 0 aliphatic heterocycles. The molecule has 0 saturated heterocycles. The summed E-state index contributed by atoms with van der Waals surface area (Å²) in [5.74, 6) is 0.835. The summed E-state index contributed by atoms with van der Waals surface area (Å²) in [6, 6.07) is 31.1. The number of hydrogen-bond acceptors (Lipinski definition) is 2. The van der Waals surface area contributed by atoms with Gasteiger partial charge in [0.2, 0.25) is 0 Å². The number of benzene rings is 4. The van der Waals surface area contributed by atoms with E-state index in [1.807, 2.05) is 18.2 Å². The van der Waals surface area contributed by atoms with E-state index in [1.54, 1.807) is 7.11 Å². The summed E-state index contributed by atoms with van der Waals surface area (Å²) in [5, 5.41) is 9.97. The standard InChI is InChI=1S/C27H24O2/c1-19-8-10-21(11-9-19)25-14-12-22(16-24(25)18-28)23-13-15-26(27(17-23)29-2)20-6-4-3-5-7-20/h3-17,28H,18H2,1-2H3. The minimum Gasteiger partial charge on any atom is -0.496 e. The maximum Gasteiger partial charge on any atom is 0.127 e. The Bertz CT molecular complexity index is 1110. The first-order valence-electron chi connectivity index (χ1n) is 9.74. The van der Waals surface area contributed by atoms with E-state index >= 15 is 0 Å². The highest BCUT2D eigenvalue weighted by Gasteiger charge is 2.11. The van der Waals surface area contributed by atoms with Crippen LogP contribution < -0.4 is 4.74 Å². The summed E-state index contributed by atoms with van der Waals surface area (Å²) in [4.78, 5) is 0. The van der Waals surface area contributed by atoms with Crippen LogP contribution in [0.1, 0.15) is 11.1 Å². The third kappa shape index (κ3) is 3.94. The van der Waals surface area contributed by atoms with Crippen molar-refractivity contribution in [2.45, 2.75) is 13.5 Å². The molecule has 144 valence electrons. The minimum absolute atomic E-state index is 0.00369. The van der Waals surface area contributed by atoms with E-state index in [4.69, 9.17) is 4.74 Å². The second-order valence-electron chi connectivity index (χ2n) is 7.18. The largest absolute Gasteiger partial charge is 0.496 e. The van der Waals surface area contributed by atoms with E-state index in [1.165, 1.54) is 5.56 Å². The summed E-state index contributed by atoms with van der Waals surface area (Å²) < 4.78 is 5.67. The highest BCUT2D eigenvalue weighted by Crippen LogP contribution is 2.35. The Balaban J connectivity index is 1.74. The van der Waals surface area contributed by atoms with E-state index in [2.05, 4.69) is 79.7 Å². The zero-order valence-electron chi connectivity index (χ0n) is 16.7. The molecule has 0 fully saturated rings.